The van der Waals surface area contributed by atoms with E-state index in [1.807, 2.05) is 0 Å². The Bertz CT molecular complexity index is 1280. The molecule has 4 heteroatoms. The molecule has 2 aliphatic heterocycles. The third-order valence-electron chi connectivity index (χ3n) is 13.0. The average Bonchev–Trinajstić information content (AvgIpc) is 3.85. The van der Waals surface area contributed by atoms with Crippen LogP contribution in [0.3, 0.4) is 0 Å². The van der Waals surface area contributed by atoms with E-state index >= 15 is 0 Å². The Morgan fingerprint density at radius 3 is 1.62 bits per heavy atom. The summed E-state index contributed by atoms with van der Waals surface area (Å²) in [6.07, 6.45) is 17.6. The van der Waals surface area contributed by atoms with Gasteiger partial charge in [-0.3, -0.25) is 0 Å². The first-order valence-corrected chi connectivity index (χ1v) is 16.7. The lowest BCUT2D eigenvalue weighted by Gasteiger charge is -2.57. The van der Waals surface area contributed by atoms with Crippen LogP contribution in [-0.4, -0.2) is 38.6 Å². The molecule has 212 valence electrons. The molecule has 0 amide bonds. The van der Waals surface area contributed by atoms with Gasteiger partial charge in [0.05, 0.1) is 13.2 Å². The Morgan fingerprint density at radius 2 is 1.10 bits per heavy atom. The van der Waals surface area contributed by atoms with Crippen molar-refractivity contribution in [3.63, 3.8) is 0 Å². The Balaban J connectivity index is 1.14. The molecule has 0 N–H and O–H groups in total. The largest absolute Gasteiger partial charge is 0.487 e. The van der Waals surface area contributed by atoms with E-state index in [9.17, 15) is 0 Å². The molecule has 10 aliphatic rings. The zero-order chi connectivity index (χ0) is 26.1. The maximum atomic E-state index is 6.68. The van der Waals surface area contributed by atoms with Crippen molar-refractivity contribution >= 4 is 10.8 Å². The van der Waals surface area contributed by atoms with Crippen molar-refractivity contribution in [2.75, 3.05) is 26.4 Å². The first-order valence-electron chi connectivity index (χ1n) is 16.7. The fraction of sp³-hybridized carbons (Fsp3) is 0.722. The van der Waals surface area contributed by atoms with Crippen LogP contribution >= 0.6 is 0 Å². The van der Waals surface area contributed by atoms with Gasteiger partial charge in [-0.25, -0.2) is 0 Å². The highest BCUT2D eigenvalue weighted by atomic mass is 16.6. The van der Waals surface area contributed by atoms with E-state index in [1.54, 1.807) is 11.1 Å². The van der Waals surface area contributed by atoms with Crippen LogP contribution in [0.4, 0.5) is 0 Å². The van der Waals surface area contributed by atoms with E-state index in [1.165, 1.54) is 87.8 Å². The topological polar surface area (TPSA) is 43.5 Å². The van der Waals surface area contributed by atoms with Gasteiger partial charge in [-0.2, -0.15) is 0 Å². The third-order valence-corrected chi connectivity index (χ3v) is 13.0. The molecule has 8 aliphatic carbocycles. The highest BCUT2D eigenvalue weighted by molar-refractivity contribution is 5.95. The van der Waals surface area contributed by atoms with Crippen molar-refractivity contribution in [1.82, 2.24) is 0 Å². The maximum absolute atomic E-state index is 6.68. The highest BCUT2D eigenvalue weighted by Gasteiger charge is 2.54. The Labute approximate surface area is 238 Å². The van der Waals surface area contributed by atoms with Gasteiger partial charge < -0.3 is 18.9 Å². The van der Waals surface area contributed by atoms with Crippen LogP contribution in [0.25, 0.3) is 10.8 Å². The van der Waals surface area contributed by atoms with Crippen LogP contribution in [-0.2, 0) is 20.3 Å². The first kappa shape index (κ1) is 23.7. The molecular formula is C36H44O4. The van der Waals surface area contributed by atoms with Crippen molar-refractivity contribution in [2.24, 2.45) is 35.5 Å². The van der Waals surface area contributed by atoms with Gasteiger partial charge in [0.15, 0.2) is 11.5 Å². The fourth-order valence-corrected chi connectivity index (χ4v) is 12.0. The van der Waals surface area contributed by atoms with Crippen LogP contribution in [0.1, 0.15) is 88.2 Å². The lowest BCUT2D eigenvalue weighted by Crippen LogP contribution is -2.48. The zero-order valence-electron chi connectivity index (χ0n) is 23.9. The summed E-state index contributed by atoms with van der Waals surface area (Å²) in [5.41, 5.74) is 3.84. The number of benzene rings is 2. The van der Waals surface area contributed by atoms with Gasteiger partial charge in [0, 0.05) is 5.39 Å². The molecule has 0 spiro atoms. The molecule has 12 rings (SSSR count). The van der Waals surface area contributed by atoms with Crippen LogP contribution < -0.4 is 9.47 Å². The fourth-order valence-electron chi connectivity index (χ4n) is 12.0. The molecule has 8 bridgehead atoms. The summed E-state index contributed by atoms with van der Waals surface area (Å²) < 4.78 is 24.5. The zero-order valence-corrected chi connectivity index (χ0v) is 23.9. The quantitative estimate of drug-likeness (QED) is 0.329. The van der Waals surface area contributed by atoms with E-state index < -0.39 is 0 Å². The molecule has 2 aromatic rings. The standard InChI is InChI=1S/C36H44O4/c1-2-30-31(9-27(1)35-11-21-3-22(12-35)5-23(4-21)13-35)34(40-20-29-18-38-29)33(39-19-28-17-37-28)10-32(30)36-14-24-6-25(15-36)8-26(7-24)16-36/h1-2,9-10,21-26,28-29H,3-8,11-20H2. The Morgan fingerprint density at radius 1 is 0.600 bits per heavy atom. The Kier molecular flexibility index (Phi) is 4.99. The second-order valence-electron chi connectivity index (χ2n) is 15.9. The molecule has 8 saturated carbocycles. The average molecular weight is 541 g/mol. The van der Waals surface area contributed by atoms with E-state index in [2.05, 4.69) is 24.3 Å². The molecule has 2 unspecified atom stereocenters. The number of epoxide rings is 2. The van der Waals surface area contributed by atoms with Crippen LogP contribution in [0.15, 0.2) is 24.3 Å². The summed E-state index contributed by atoms with van der Waals surface area (Å²) in [6, 6.07) is 10.1. The maximum Gasteiger partial charge on any atom is 0.169 e. The minimum atomic E-state index is 0.226. The number of hydrogen-bond donors (Lipinski definition) is 0. The van der Waals surface area contributed by atoms with Gasteiger partial charge >= 0.3 is 0 Å². The second kappa shape index (κ2) is 8.40. The Hall–Kier alpha value is -1.78. The van der Waals surface area contributed by atoms with Gasteiger partial charge in [0.2, 0.25) is 0 Å². The summed E-state index contributed by atoms with van der Waals surface area (Å²) in [4.78, 5) is 0. The molecule has 0 aromatic heterocycles. The van der Waals surface area contributed by atoms with Gasteiger partial charge in [0.1, 0.15) is 25.4 Å². The van der Waals surface area contributed by atoms with Crippen LogP contribution in [0.2, 0.25) is 0 Å². The highest BCUT2D eigenvalue weighted by Crippen LogP contribution is 2.64. The SMILES string of the molecule is c1cc2c(C34CC5CC(CC(C5)C3)C4)cc(OCC3CO3)c(OCC3CO3)c2cc1C12CC3CC(CC(C3)C1)C2. The second-order valence-corrected chi connectivity index (χ2v) is 15.9. The van der Waals surface area contributed by atoms with Crippen LogP contribution in [0.5, 0.6) is 11.5 Å². The molecule has 2 aromatic carbocycles. The number of rotatable bonds is 8. The minimum absolute atomic E-state index is 0.226. The normalized spacial score (nSPS) is 45.3. The molecule has 2 heterocycles. The van der Waals surface area contributed by atoms with Gasteiger partial charge in [0.25, 0.3) is 0 Å². The summed E-state index contributed by atoms with van der Waals surface area (Å²) in [6.45, 7) is 2.87. The van der Waals surface area contributed by atoms with E-state index in [-0.39, 0.29) is 12.2 Å². The van der Waals surface area contributed by atoms with E-state index in [0.717, 1.165) is 60.2 Å². The van der Waals surface area contributed by atoms with E-state index in [4.69, 9.17) is 18.9 Å². The number of ether oxygens (including phenoxy) is 4. The number of fused-ring (bicyclic) bond motifs is 1. The first-order chi connectivity index (χ1) is 19.6. The van der Waals surface area contributed by atoms with Gasteiger partial charge in [-0.05, 0) is 152 Å². The summed E-state index contributed by atoms with van der Waals surface area (Å²) in [5.74, 6) is 7.50. The minimum Gasteiger partial charge on any atom is -0.487 e. The van der Waals surface area contributed by atoms with Crippen molar-refractivity contribution < 1.29 is 18.9 Å². The van der Waals surface area contributed by atoms with Gasteiger partial charge in [-0.1, -0.05) is 12.1 Å². The third kappa shape index (κ3) is 3.77. The molecule has 2 saturated heterocycles. The van der Waals surface area contributed by atoms with Crippen molar-refractivity contribution in [3.05, 3.63) is 35.4 Å². The van der Waals surface area contributed by atoms with E-state index in [0.29, 0.717) is 24.0 Å². The lowest BCUT2D eigenvalue weighted by atomic mass is 9.47. The van der Waals surface area contributed by atoms with Crippen molar-refractivity contribution in [3.8, 4) is 11.5 Å². The van der Waals surface area contributed by atoms with Crippen molar-refractivity contribution in [1.29, 1.82) is 0 Å². The summed E-state index contributed by atoms with van der Waals surface area (Å²) in [5, 5.41) is 2.76. The predicted octanol–water partition coefficient (Wildman–Crippen LogP) is 7.33. The summed E-state index contributed by atoms with van der Waals surface area (Å²) >= 11 is 0. The molecular weight excluding hydrogens is 496 g/mol. The van der Waals surface area contributed by atoms with Crippen LogP contribution in [0, 0.1) is 35.5 Å². The molecule has 10 fully saturated rings. The smallest absolute Gasteiger partial charge is 0.169 e. The molecule has 40 heavy (non-hydrogen) atoms. The number of hydrogen-bond acceptors (Lipinski definition) is 4. The van der Waals surface area contributed by atoms with Gasteiger partial charge in [-0.15, -0.1) is 0 Å². The predicted molar refractivity (Wildman–Crippen MR) is 154 cm³/mol. The molecule has 4 nitrogen and oxygen atoms in total. The lowest BCUT2D eigenvalue weighted by molar-refractivity contribution is -0.00519. The molecule has 2 atom stereocenters. The summed E-state index contributed by atoms with van der Waals surface area (Å²) in [7, 11) is 0. The van der Waals surface area contributed by atoms with Crippen molar-refractivity contribution in [2.45, 2.75) is 100 Å². The monoisotopic (exact) mass is 540 g/mol. The molecule has 0 radical (unpaired) electrons.